The Balaban J connectivity index is 1.39. The SMILES string of the molecule is O=C(Nc1cccc2cccnc12)C1CCN(C(=O)c2cccnc2)CC1. The molecule has 1 fully saturated rings. The molecule has 0 aliphatic carbocycles. The molecule has 27 heavy (non-hydrogen) atoms. The molecule has 1 aliphatic heterocycles. The average Bonchev–Trinajstić information content (AvgIpc) is 2.74. The van der Waals surface area contributed by atoms with Crippen LogP contribution in [0.3, 0.4) is 0 Å². The summed E-state index contributed by atoms with van der Waals surface area (Å²) >= 11 is 0. The summed E-state index contributed by atoms with van der Waals surface area (Å²) in [5.74, 6) is -0.149. The molecule has 1 aromatic carbocycles. The van der Waals surface area contributed by atoms with Crippen molar-refractivity contribution in [1.82, 2.24) is 14.9 Å². The van der Waals surface area contributed by atoms with Crippen molar-refractivity contribution < 1.29 is 9.59 Å². The van der Waals surface area contributed by atoms with E-state index in [2.05, 4.69) is 15.3 Å². The van der Waals surface area contributed by atoms with Crippen LogP contribution in [0.15, 0.2) is 61.1 Å². The highest BCUT2D eigenvalue weighted by molar-refractivity contribution is 6.01. The van der Waals surface area contributed by atoms with E-state index in [-0.39, 0.29) is 17.7 Å². The lowest BCUT2D eigenvalue weighted by molar-refractivity contribution is -0.121. The Labute approximate surface area is 157 Å². The van der Waals surface area contributed by atoms with Crippen LogP contribution in [0.1, 0.15) is 23.2 Å². The molecule has 1 aliphatic rings. The lowest BCUT2D eigenvalue weighted by Crippen LogP contribution is -2.41. The van der Waals surface area contributed by atoms with Gasteiger partial charge in [0.1, 0.15) is 0 Å². The van der Waals surface area contributed by atoms with E-state index in [1.165, 1.54) is 0 Å². The lowest BCUT2D eigenvalue weighted by Gasteiger charge is -2.31. The second-order valence-electron chi connectivity index (χ2n) is 6.68. The van der Waals surface area contributed by atoms with Crippen LogP contribution in [0.5, 0.6) is 0 Å². The van der Waals surface area contributed by atoms with Crippen LogP contribution in [0, 0.1) is 5.92 Å². The number of rotatable bonds is 3. The fraction of sp³-hybridized carbons (Fsp3) is 0.238. The molecule has 1 saturated heterocycles. The van der Waals surface area contributed by atoms with Crippen molar-refractivity contribution in [2.45, 2.75) is 12.8 Å². The summed E-state index contributed by atoms with van der Waals surface area (Å²) in [5.41, 5.74) is 2.10. The Morgan fingerprint density at radius 1 is 1.00 bits per heavy atom. The average molecular weight is 360 g/mol. The number of carbonyl (C=O) groups is 2. The normalized spacial score (nSPS) is 14.9. The third-order valence-electron chi connectivity index (χ3n) is 4.95. The topological polar surface area (TPSA) is 75.2 Å². The van der Waals surface area contributed by atoms with Crippen molar-refractivity contribution in [3.8, 4) is 0 Å². The molecule has 0 bridgehead atoms. The lowest BCUT2D eigenvalue weighted by atomic mass is 9.95. The van der Waals surface area contributed by atoms with Gasteiger partial charge < -0.3 is 10.2 Å². The van der Waals surface area contributed by atoms with E-state index in [9.17, 15) is 9.59 Å². The Kier molecular flexibility index (Phi) is 4.78. The van der Waals surface area contributed by atoms with Gasteiger partial charge in [-0.1, -0.05) is 18.2 Å². The van der Waals surface area contributed by atoms with Crippen molar-refractivity contribution in [2.24, 2.45) is 5.92 Å². The first kappa shape index (κ1) is 17.1. The second-order valence-corrected chi connectivity index (χ2v) is 6.68. The van der Waals surface area contributed by atoms with Crippen molar-refractivity contribution in [2.75, 3.05) is 18.4 Å². The van der Waals surface area contributed by atoms with Gasteiger partial charge in [0.2, 0.25) is 5.91 Å². The molecule has 1 N–H and O–H groups in total. The van der Waals surface area contributed by atoms with E-state index >= 15 is 0 Å². The molecule has 6 heteroatoms. The molecule has 4 rings (SSSR count). The molecule has 3 heterocycles. The minimum absolute atomic E-state index is 0.0124. The van der Waals surface area contributed by atoms with Gasteiger partial charge in [0.25, 0.3) is 5.91 Å². The Hall–Kier alpha value is -3.28. The zero-order valence-corrected chi connectivity index (χ0v) is 14.8. The molecule has 0 atom stereocenters. The highest BCUT2D eigenvalue weighted by atomic mass is 16.2. The number of fused-ring (bicyclic) bond motifs is 1. The first-order valence-electron chi connectivity index (χ1n) is 9.06. The van der Waals surface area contributed by atoms with Crippen LogP contribution in [-0.2, 0) is 4.79 Å². The summed E-state index contributed by atoms with van der Waals surface area (Å²) in [6.45, 7) is 1.14. The van der Waals surface area contributed by atoms with Gasteiger partial charge in [-0.2, -0.15) is 0 Å². The van der Waals surface area contributed by atoms with Gasteiger partial charge in [-0.15, -0.1) is 0 Å². The standard InChI is InChI=1S/C21H20N4O2/c26-20(24-18-7-1-4-15-5-3-11-23-19(15)18)16-8-12-25(13-9-16)21(27)17-6-2-10-22-14-17/h1-7,10-11,14,16H,8-9,12-13H2,(H,24,26). The molecule has 2 aromatic heterocycles. The zero-order chi connectivity index (χ0) is 18.6. The van der Waals surface area contributed by atoms with Gasteiger partial charge in [0.05, 0.1) is 16.8 Å². The Morgan fingerprint density at radius 2 is 1.78 bits per heavy atom. The number of carbonyl (C=O) groups excluding carboxylic acids is 2. The number of pyridine rings is 2. The molecular weight excluding hydrogens is 340 g/mol. The van der Waals surface area contributed by atoms with Gasteiger partial charge in [-0.05, 0) is 37.1 Å². The monoisotopic (exact) mass is 360 g/mol. The molecule has 2 amide bonds. The summed E-state index contributed by atoms with van der Waals surface area (Å²) in [5, 5.41) is 4.01. The van der Waals surface area contributed by atoms with E-state index < -0.39 is 0 Å². The second kappa shape index (κ2) is 7.53. The van der Waals surface area contributed by atoms with Crippen molar-refractivity contribution in [3.05, 3.63) is 66.6 Å². The van der Waals surface area contributed by atoms with Gasteiger partial charge in [-0.25, -0.2) is 0 Å². The molecule has 0 saturated carbocycles. The Bertz CT molecular complexity index is 961. The number of nitrogens with one attached hydrogen (secondary N) is 1. The van der Waals surface area contributed by atoms with Crippen molar-refractivity contribution in [1.29, 1.82) is 0 Å². The van der Waals surface area contributed by atoms with E-state index in [1.54, 1.807) is 35.6 Å². The van der Waals surface area contributed by atoms with E-state index in [1.807, 2.05) is 30.3 Å². The van der Waals surface area contributed by atoms with Crippen LogP contribution in [0.25, 0.3) is 10.9 Å². The van der Waals surface area contributed by atoms with E-state index in [0.29, 0.717) is 31.5 Å². The maximum Gasteiger partial charge on any atom is 0.255 e. The summed E-state index contributed by atoms with van der Waals surface area (Å²) in [6.07, 6.45) is 6.25. The number of piperidine rings is 1. The first-order valence-corrected chi connectivity index (χ1v) is 9.06. The van der Waals surface area contributed by atoms with Gasteiger partial charge in [0.15, 0.2) is 0 Å². The number of hydrogen-bond donors (Lipinski definition) is 1. The summed E-state index contributed by atoms with van der Waals surface area (Å²) in [4.78, 5) is 35.4. The number of amides is 2. The largest absolute Gasteiger partial charge is 0.339 e. The third-order valence-corrected chi connectivity index (χ3v) is 4.95. The molecular formula is C21H20N4O2. The van der Waals surface area contributed by atoms with Crippen LogP contribution in [0.2, 0.25) is 0 Å². The predicted octanol–water partition coefficient (Wildman–Crippen LogP) is 3.12. The van der Waals surface area contributed by atoms with Crippen molar-refractivity contribution in [3.63, 3.8) is 0 Å². The van der Waals surface area contributed by atoms with Gasteiger partial charge >= 0.3 is 0 Å². The van der Waals surface area contributed by atoms with E-state index in [4.69, 9.17) is 0 Å². The summed E-state index contributed by atoms with van der Waals surface area (Å²) in [7, 11) is 0. The smallest absolute Gasteiger partial charge is 0.255 e. The zero-order valence-electron chi connectivity index (χ0n) is 14.8. The summed E-state index contributed by atoms with van der Waals surface area (Å²) in [6, 6.07) is 13.1. The highest BCUT2D eigenvalue weighted by Crippen LogP contribution is 2.24. The number of anilines is 1. The molecule has 3 aromatic rings. The van der Waals surface area contributed by atoms with Crippen LogP contribution >= 0.6 is 0 Å². The number of nitrogens with zero attached hydrogens (tertiary/aromatic N) is 3. The first-order chi connectivity index (χ1) is 13.2. The number of likely N-dealkylation sites (tertiary alicyclic amines) is 1. The maximum absolute atomic E-state index is 12.7. The molecule has 136 valence electrons. The quantitative estimate of drug-likeness (QED) is 0.779. The molecule has 0 spiro atoms. The number of aromatic nitrogens is 2. The number of benzene rings is 1. The number of hydrogen-bond acceptors (Lipinski definition) is 4. The van der Waals surface area contributed by atoms with Crippen LogP contribution in [0.4, 0.5) is 5.69 Å². The minimum Gasteiger partial charge on any atom is -0.339 e. The summed E-state index contributed by atoms with van der Waals surface area (Å²) < 4.78 is 0. The highest BCUT2D eigenvalue weighted by Gasteiger charge is 2.28. The van der Waals surface area contributed by atoms with Crippen LogP contribution in [-0.4, -0.2) is 39.8 Å². The third kappa shape index (κ3) is 3.65. The molecule has 6 nitrogen and oxygen atoms in total. The predicted molar refractivity (Wildman–Crippen MR) is 103 cm³/mol. The Morgan fingerprint density at radius 3 is 2.56 bits per heavy atom. The van der Waals surface area contributed by atoms with Gasteiger partial charge in [-0.3, -0.25) is 19.6 Å². The molecule has 0 unspecified atom stereocenters. The maximum atomic E-state index is 12.7. The fourth-order valence-electron chi connectivity index (χ4n) is 3.46. The fourth-order valence-corrected chi connectivity index (χ4v) is 3.46. The van der Waals surface area contributed by atoms with Crippen molar-refractivity contribution >= 4 is 28.4 Å². The van der Waals surface area contributed by atoms with Crippen LogP contribution < -0.4 is 5.32 Å². The molecule has 0 radical (unpaired) electrons. The number of para-hydroxylation sites is 1. The minimum atomic E-state index is -0.109. The van der Waals surface area contributed by atoms with E-state index in [0.717, 1.165) is 16.6 Å². The van der Waals surface area contributed by atoms with Gasteiger partial charge in [0, 0.05) is 43.0 Å².